The van der Waals surface area contributed by atoms with Crippen molar-refractivity contribution in [3.05, 3.63) is 0 Å². The van der Waals surface area contributed by atoms with E-state index in [1.807, 2.05) is 23.9 Å². The molecular formula is C14H29N3O2. The van der Waals surface area contributed by atoms with E-state index in [0.29, 0.717) is 6.54 Å². The van der Waals surface area contributed by atoms with Gasteiger partial charge >= 0.3 is 0 Å². The Labute approximate surface area is 117 Å². The van der Waals surface area contributed by atoms with E-state index in [9.17, 15) is 9.59 Å². The lowest BCUT2D eigenvalue weighted by atomic mass is 10.3. The normalized spacial score (nSPS) is 10.6. The second-order valence-corrected chi connectivity index (χ2v) is 5.12. The lowest BCUT2D eigenvalue weighted by molar-refractivity contribution is -0.139. The number of carbonyl (C=O) groups is 2. The first kappa shape index (κ1) is 17.9. The van der Waals surface area contributed by atoms with E-state index in [2.05, 4.69) is 13.8 Å². The molecular weight excluding hydrogens is 242 g/mol. The maximum atomic E-state index is 12.2. The van der Waals surface area contributed by atoms with Gasteiger partial charge in [0.1, 0.15) is 0 Å². The zero-order chi connectivity index (χ0) is 14.8. The summed E-state index contributed by atoms with van der Waals surface area (Å²) >= 11 is 0. The van der Waals surface area contributed by atoms with Gasteiger partial charge in [-0.25, -0.2) is 0 Å². The molecule has 0 atom stereocenters. The van der Waals surface area contributed by atoms with Crippen LogP contribution in [0.4, 0.5) is 0 Å². The Morgan fingerprint density at radius 1 is 0.842 bits per heavy atom. The van der Waals surface area contributed by atoms with Crippen LogP contribution in [0.15, 0.2) is 0 Å². The zero-order valence-electron chi connectivity index (χ0n) is 13.1. The Kier molecular flexibility index (Phi) is 9.21. The van der Waals surface area contributed by atoms with E-state index in [1.165, 1.54) is 6.92 Å². The number of likely N-dealkylation sites (N-methyl/N-ethyl adjacent to an activating group) is 1. The Hall–Kier alpha value is -1.10. The molecule has 0 bridgehead atoms. The van der Waals surface area contributed by atoms with Crippen molar-refractivity contribution in [1.82, 2.24) is 14.7 Å². The van der Waals surface area contributed by atoms with Crippen molar-refractivity contribution in [2.45, 2.75) is 33.6 Å². The molecule has 5 heteroatoms. The highest BCUT2D eigenvalue weighted by molar-refractivity contribution is 5.83. The van der Waals surface area contributed by atoms with Crippen LogP contribution in [0.25, 0.3) is 0 Å². The van der Waals surface area contributed by atoms with Crippen LogP contribution in [0.5, 0.6) is 0 Å². The van der Waals surface area contributed by atoms with Crippen LogP contribution in [0, 0.1) is 0 Å². The molecule has 0 N–H and O–H groups in total. The molecule has 19 heavy (non-hydrogen) atoms. The van der Waals surface area contributed by atoms with Gasteiger partial charge in [-0.2, -0.15) is 0 Å². The highest BCUT2D eigenvalue weighted by Crippen LogP contribution is 1.99. The first-order valence-corrected chi connectivity index (χ1v) is 7.10. The molecule has 0 aliphatic rings. The topological polar surface area (TPSA) is 43.9 Å². The van der Waals surface area contributed by atoms with Crippen molar-refractivity contribution in [3.8, 4) is 0 Å². The smallest absolute Gasteiger partial charge is 0.242 e. The first-order chi connectivity index (χ1) is 8.92. The van der Waals surface area contributed by atoms with E-state index >= 15 is 0 Å². The van der Waals surface area contributed by atoms with Gasteiger partial charge < -0.3 is 14.7 Å². The Morgan fingerprint density at radius 2 is 1.37 bits per heavy atom. The predicted octanol–water partition coefficient (Wildman–Crippen LogP) is 1.05. The van der Waals surface area contributed by atoms with Crippen molar-refractivity contribution >= 4 is 11.8 Å². The minimum Gasteiger partial charge on any atom is -0.341 e. The van der Waals surface area contributed by atoms with Gasteiger partial charge in [0.15, 0.2) is 0 Å². The third-order valence-corrected chi connectivity index (χ3v) is 2.93. The molecule has 2 amide bonds. The Bertz CT molecular complexity index is 274. The molecule has 0 rings (SSSR count). The highest BCUT2D eigenvalue weighted by atomic mass is 16.2. The van der Waals surface area contributed by atoms with Gasteiger partial charge in [-0.15, -0.1) is 0 Å². The second kappa shape index (κ2) is 9.78. The molecule has 0 fully saturated rings. The molecule has 0 aliphatic carbocycles. The standard InChI is InChI=1S/C14H29N3O2/c1-6-8-16(9-7-2)14(19)12-17(13(3)18)11-10-15(4)5/h6-12H2,1-5H3. The van der Waals surface area contributed by atoms with Crippen molar-refractivity contribution < 1.29 is 9.59 Å². The number of carbonyl (C=O) groups excluding carboxylic acids is 2. The van der Waals surface area contributed by atoms with Gasteiger partial charge in [0.2, 0.25) is 11.8 Å². The van der Waals surface area contributed by atoms with Crippen LogP contribution in [0.1, 0.15) is 33.6 Å². The summed E-state index contributed by atoms with van der Waals surface area (Å²) < 4.78 is 0. The molecule has 0 aromatic rings. The van der Waals surface area contributed by atoms with Crippen molar-refractivity contribution in [3.63, 3.8) is 0 Å². The lowest BCUT2D eigenvalue weighted by Gasteiger charge is -2.27. The first-order valence-electron chi connectivity index (χ1n) is 7.10. The van der Waals surface area contributed by atoms with Crippen molar-refractivity contribution in [1.29, 1.82) is 0 Å². The summed E-state index contributed by atoms with van der Waals surface area (Å²) in [5.74, 6) is 0.0146. The Balaban J connectivity index is 4.46. The molecule has 0 spiro atoms. The fourth-order valence-electron chi connectivity index (χ4n) is 1.83. The summed E-state index contributed by atoms with van der Waals surface area (Å²) in [6.07, 6.45) is 1.90. The summed E-state index contributed by atoms with van der Waals surface area (Å²) in [7, 11) is 3.92. The number of nitrogens with zero attached hydrogens (tertiary/aromatic N) is 3. The van der Waals surface area contributed by atoms with Crippen LogP contribution in [-0.2, 0) is 9.59 Å². The average molecular weight is 271 g/mol. The quantitative estimate of drug-likeness (QED) is 0.629. The fourth-order valence-corrected chi connectivity index (χ4v) is 1.83. The van der Waals surface area contributed by atoms with E-state index < -0.39 is 0 Å². The van der Waals surface area contributed by atoms with Gasteiger partial charge in [0.05, 0.1) is 6.54 Å². The van der Waals surface area contributed by atoms with E-state index in [4.69, 9.17) is 0 Å². The number of hydrogen-bond acceptors (Lipinski definition) is 3. The molecule has 0 saturated carbocycles. The minimum absolute atomic E-state index is 0.0388. The number of rotatable bonds is 9. The van der Waals surface area contributed by atoms with Gasteiger partial charge in [0.25, 0.3) is 0 Å². The largest absolute Gasteiger partial charge is 0.341 e. The molecule has 0 aromatic carbocycles. The molecule has 0 aromatic heterocycles. The molecule has 0 heterocycles. The van der Waals surface area contributed by atoms with Gasteiger partial charge in [-0.3, -0.25) is 9.59 Å². The van der Waals surface area contributed by atoms with E-state index in [0.717, 1.165) is 32.5 Å². The summed E-state index contributed by atoms with van der Waals surface area (Å²) in [6, 6.07) is 0. The summed E-state index contributed by atoms with van der Waals surface area (Å²) in [5, 5.41) is 0. The van der Waals surface area contributed by atoms with Crippen LogP contribution >= 0.6 is 0 Å². The van der Waals surface area contributed by atoms with E-state index in [-0.39, 0.29) is 18.4 Å². The van der Waals surface area contributed by atoms with Crippen molar-refractivity contribution in [2.75, 3.05) is 46.8 Å². The molecule has 0 unspecified atom stereocenters. The van der Waals surface area contributed by atoms with Crippen LogP contribution in [-0.4, -0.2) is 73.3 Å². The van der Waals surface area contributed by atoms with Crippen LogP contribution in [0.3, 0.4) is 0 Å². The van der Waals surface area contributed by atoms with Gasteiger partial charge in [0, 0.05) is 33.1 Å². The Morgan fingerprint density at radius 3 is 1.74 bits per heavy atom. The molecule has 0 aliphatic heterocycles. The average Bonchev–Trinajstić information content (AvgIpc) is 2.33. The maximum Gasteiger partial charge on any atom is 0.242 e. The van der Waals surface area contributed by atoms with Crippen LogP contribution in [0.2, 0.25) is 0 Å². The van der Waals surface area contributed by atoms with Crippen molar-refractivity contribution in [2.24, 2.45) is 0 Å². The maximum absolute atomic E-state index is 12.2. The molecule has 0 radical (unpaired) electrons. The summed E-state index contributed by atoms with van der Waals surface area (Å²) in [6.45, 7) is 8.75. The predicted molar refractivity (Wildman–Crippen MR) is 78.0 cm³/mol. The SMILES string of the molecule is CCCN(CCC)C(=O)CN(CCN(C)C)C(C)=O. The number of amides is 2. The second-order valence-electron chi connectivity index (χ2n) is 5.12. The highest BCUT2D eigenvalue weighted by Gasteiger charge is 2.18. The third-order valence-electron chi connectivity index (χ3n) is 2.93. The van der Waals surface area contributed by atoms with Gasteiger partial charge in [-0.05, 0) is 26.9 Å². The zero-order valence-corrected chi connectivity index (χ0v) is 13.1. The molecule has 112 valence electrons. The molecule has 5 nitrogen and oxygen atoms in total. The summed E-state index contributed by atoms with van der Waals surface area (Å²) in [4.78, 5) is 29.3. The third kappa shape index (κ3) is 7.82. The molecule has 0 saturated heterocycles. The summed E-state index contributed by atoms with van der Waals surface area (Å²) in [5.41, 5.74) is 0. The number of hydrogen-bond donors (Lipinski definition) is 0. The van der Waals surface area contributed by atoms with E-state index in [1.54, 1.807) is 4.90 Å². The monoisotopic (exact) mass is 271 g/mol. The van der Waals surface area contributed by atoms with Gasteiger partial charge in [-0.1, -0.05) is 13.8 Å². The fraction of sp³-hybridized carbons (Fsp3) is 0.857. The minimum atomic E-state index is -0.0388. The van der Waals surface area contributed by atoms with Crippen LogP contribution < -0.4 is 0 Å². The lowest BCUT2D eigenvalue weighted by Crippen LogP contribution is -2.44.